The van der Waals surface area contributed by atoms with E-state index in [-0.39, 0.29) is 5.75 Å². The lowest BCUT2D eigenvalue weighted by Gasteiger charge is -2.07. The first kappa shape index (κ1) is 12.9. The molecule has 0 atom stereocenters. The molecule has 2 rings (SSSR count). The highest BCUT2D eigenvalue weighted by molar-refractivity contribution is 9.10. The van der Waals surface area contributed by atoms with Crippen LogP contribution in [0.1, 0.15) is 11.3 Å². The minimum atomic E-state index is -0.392. The van der Waals surface area contributed by atoms with Gasteiger partial charge in [-0.3, -0.25) is 0 Å². The third-order valence-electron chi connectivity index (χ3n) is 2.64. The van der Waals surface area contributed by atoms with E-state index < -0.39 is 5.82 Å². The molecule has 0 saturated carbocycles. The highest BCUT2D eigenvalue weighted by atomic mass is 79.9. The molecule has 0 aliphatic heterocycles. The lowest BCUT2D eigenvalue weighted by Crippen LogP contribution is -2.06. The van der Waals surface area contributed by atoms with Gasteiger partial charge in [-0.25, -0.2) is 9.07 Å². The first-order chi connectivity index (χ1) is 8.52. The van der Waals surface area contributed by atoms with Crippen LogP contribution in [0.25, 0.3) is 0 Å². The van der Waals surface area contributed by atoms with Crippen molar-refractivity contribution < 1.29 is 9.13 Å². The Balaban J connectivity index is 2.28. The molecule has 0 aliphatic carbocycles. The molecule has 0 saturated heterocycles. The normalized spacial score (nSPS) is 10.7. The number of aryl methyl sites for hydroxylation is 1. The number of methoxy groups -OCH3 is 1. The molecule has 0 spiro atoms. The van der Waals surface area contributed by atoms with Crippen LogP contribution in [-0.2, 0) is 6.54 Å². The number of ether oxygens (including phenoxy) is 1. The largest absolute Gasteiger partial charge is 0.494 e. The zero-order chi connectivity index (χ0) is 13.3. The van der Waals surface area contributed by atoms with E-state index in [1.165, 1.54) is 13.2 Å². The van der Waals surface area contributed by atoms with Crippen LogP contribution >= 0.6 is 15.9 Å². The van der Waals surface area contributed by atoms with Gasteiger partial charge < -0.3 is 10.5 Å². The molecule has 0 bridgehead atoms. The Labute approximate surface area is 113 Å². The molecule has 1 aromatic heterocycles. The monoisotopic (exact) mass is 313 g/mol. The van der Waals surface area contributed by atoms with Gasteiger partial charge in [0.2, 0.25) is 0 Å². The van der Waals surface area contributed by atoms with E-state index in [9.17, 15) is 4.39 Å². The first-order valence-corrected chi connectivity index (χ1v) is 6.13. The topological polar surface area (TPSA) is 53.1 Å². The van der Waals surface area contributed by atoms with Gasteiger partial charge in [0.05, 0.1) is 23.8 Å². The van der Waals surface area contributed by atoms with Crippen molar-refractivity contribution in [3.05, 3.63) is 39.7 Å². The molecule has 0 aliphatic rings. The van der Waals surface area contributed by atoms with Crippen molar-refractivity contribution in [3.63, 3.8) is 0 Å². The van der Waals surface area contributed by atoms with Crippen molar-refractivity contribution in [2.75, 3.05) is 12.8 Å². The van der Waals surface area contributed by atoms with E-state index in [0.717, 1.165) is 15.7 Å². The van der Waals surface area contributed by atoms with Crippen LogP contribution in [0.4, 0.5) is 10.2 Å². The SMILES string of the molecule is COc1ccc(Cn2nc(C)c(Br)c2N)cc1F. The van der Waals surface area contributed by atoms with E-state index in [4.69, 9.17) is 10.5 Å². The molecule has 0 fully saturated rings. The number of aromatic nitrogens is 2. The predicted molar refractivity (Wildman–Crippen MR) is 71.1 cm³/mol. The molecule has 1 heterocycles. The lowest BCUT2D eigenvalue weighted by molar-refractivity contribution is 0.386. The van der Waals surface area contributed by atoms with E-state index in [0.29, 0.717) is 12.4 Å². The van der Waals surface area contributed by atoms with Crippen LogP contribution in [0, 0.1) is 12.7 Å². The van der Waals surface area contributed by atoms with Gasteiger partial charge in [-0.05, 0) is 40.5 Å². The van der Waals surface area contributed by atoms with Crippen molar-refractivity contribution in [1.29, 1.82) is 0 Å². The van der Waals surface area contributed by atoms with Crippen molar-refractivity contribution in [2.24, 2.45) is 0 Å². The summed E-state index contributed by atoms with van der Waals surface area (Å²) in [6.45, 7) is 2.27. The summed E-state index contributed by atoms with van der Waals surface area (Å²) in [6, 6.07) is 4.79. The van der Waals surface area contributed by atoms with Crippen LogP contribution in [0.5, 0.6) is 5.75 Å². The van der Waals surface area contributed by atoms with E-state index in [1.807, 2.05) is 6.92 Å². The summed E-state index contributed by atoms with van der Waals surface area (Å²) in [5.74, 6) is 0.366. The van der Waals surface area contributed by atoms with Gasteiger partial charge in [0.25, 0.3) is 0 Å². The Bertz CT molecular complexity index is 583. The Kier molecular flexibility index (Phi) is 3.56. The minimum Gasteiger partial charge on any atom is -0.494 e. The minimum absolute atomic E-state index is 0.226. The molecule has 0 radical (unpaired) electrons. The summed E-state index contributed by atoms with van der Waals surface area (Å²) in [6.07, 6.45) is 0. The van der Waals surface area contributed by atoms with E-state index >= 15 is 0 Å². The van der Waals surface area contributed by atoms with Crippen LogP contribution in [0.15, 0.2) is 22.7 Å². The molecule has 96 valence electrons. The maximum atomic E-state index is 13.5. The van der Waals surface area contributed by atoms with Gasteiger partial charge in [0.15, 0.2) is 11.6 Å². The third-order valence-corrected chi connectivity index (χ3v) is 3.62. The molecule has 4 nitrogen and oxygen atoms in total. The molecule has 0 unspecified atom stereocenters. The van der Waals surface area contributed by atoms with Crippen molar-refractivity contribution in [2.45, 2.75) is 13.5 Å². The number of halogens is 2. The van der Waals surface area contributed by atoms with Crippen LogP contribution < -0.4 is 10.5 Å². The number of hydrogen-bond acceptors (Lipinski definition) is 3. The van der Waals surface area contributed by atoms with Gasteiger partial charge in [0, 0.05) is 0 Å². The fourth-order valence-electron chi connectivity index (χ4n) is 1.68. The number of nitrogen functional groups attached to an aromatic ring is 1. The molecule has 2 aromatic rings. The summed E-state index contributed by atoms with van der Waals surface area (Å²) in [5.41, 5.74) is 7.46. The maximum absolute atomic E-state index is 13.5. The number of benzene rings is 1. The van der Waals surface area contributed by atoms with Crippen molar-refractivity contribution in [3.8, 4) is 5.75 Å². The van der Waals surface area contributed by atoms with Crippen molar-refractivity contribution in [1.82, 2.24) is 9.78 Å². The van der Waals surface area contributed by atoms with Gasteiger partial charge in [-0.15, -0.1) is 0 Å². The van der Waals surface area contributed by atoms with Gasteiger partial charge in [-0.1, -0.05) is 6.07 Å². The standard InChI is InChI=1S/C12H13BrFN3O/c1-7-11(13)12(15)17(16-7)6-8-3-4-10(18-2)9(14)5-8/h3-5H,6,15H2,1-2H3. The summed E-state index contributed by atoms with van der Waals surface area (Å²) < 4.78 is 20.8. The maximum Gasteiger partial charge on any atom is 0.165 e. The average Bonchev–Trinajstić information content (AvgIpc) is 2.57. The summed E-state index contributed by atoms with van der Waals surface area (Å²) >= 11 is 3.35. The van der Waals surface area contributed by atoms with Crippen LogP contribution in [0.2, 0.25) is 0 Å². The van der Waals surface area contributed by atoms with E-state index in [2.05, 4.69) is 21.0 Å². The van der Waals surface area contributed by atoms with Gasteiger partial charge >= 0.3 is 0 Å². The Morgan fingerprint density at radius 1 is 1.50 bits per heavy atom. The molecular weight excluding hydrogens is 301 g/mol. The summed E-state index contributed by atoms with van der Waals surface area (Å²) in [4.78, 5) is 0. The molecule has 1 aromatic carbocycles. The number of anilines is 1. The van der Waals surface area contributed by atoms with Gasteiger partial charge in [-0.2, -0.15) is 5.10 Å². The highest BCUT2D eigenvalue weighted by Gasteiger charge is 2.11. The fraction of sp³-hybridized carbons (Fsp3) is 0.250. The summed E-state index contributed by atoms with van der Waals surface area (Å²) in [7, 11) is 1.43. The zero-order valence-electron chi connectivity index (χ0n) is 10.1. The average molecular weight is 314 g/mol. The second-order valence-electron chi connectivity index (χ2n) is 3.91. The third kappa shape index (κ3) is 2.33. The predicted octanol–water partition coefficient (Wildman–Crippen LogP) is 2.73. The highest BCUT2D eigenvalue weighted by Crippen LogP contribution is 2.24. The Hall–Kier alpha value is -1.56. The lowest BCUT2D eigenvalue weighted by atomic mass is 10.2. The number of nitrogens with two attached hydrogens (primary N) is 1. The Morgan fingerprint density at radius 3 is 2.72 bits per heavy atom. The number of rotatable bonds is 3. The molecule has 18 heavy (non-hydrogen) atoms. The Morgan fingerprint density at radius 2 is 2.22 bits per heavy atom. The zero-order valence-corrected chi connectivity index (χ0v) is 11.7. The van der Waals surface area contributed by atoms with Crippen LogP contribution in [0.3, 0.4) is 0 Å². The second kappa shape index (κ2) is 4.97. The van der Waals surface area contributed by atoms with Crippen LogP contribution in [-0.4, -0.2) is 16.9 Å². The first-order valence-electron chi connectivity index (χ1n) is 5.33. The molecule has 0 amide bonds. The van der Waals surface area contributed by atoms with Crippen molar-refractivity contribution >= 4 is 21.7 Å². The van der Waals surface area contributed by atoms with E-state index in [1.54, 1.807) is 16.8 Å². The number of nitrogens with zero attached hydrogens (tertiary/aromatic N) is 2. The molecule has 2 N–H and O–H groups in total. The summed E-state index contributed by atoms with van der Waals surface area (Å²) in [5, 5.41) is 4.27. The smallest absolute Gasteiger partial charge is 0.165 e. The quantitative estimate of drug-likeness (QED) is 0.948. The molecular formula is C12H13BrFN3O. The fourth-order valence-corrected chi connectivity index (χ4v) is 1.96. The number of hydrogen-bond donors (Lipinski definition) is 1. The molecule has 6 heteroatoms. The van der Waals surface area contributed by atoms with Gasteiger partial charge in [0.1, 0.15) is 5.82 Å². The second-order valence-corrected chi connectivity index (χ2v) is 4.70.